The first-order valence-electron chi connectivity index (χ1n) is 8.61. The van der Waals surface area contributed by atoms with Crippen molar-refractivity contribution in [2.75, 3.05) is 25.4 Å². The third-order valence-corrected chi connectivity index (χ3v) is 6.93. The molecule has 1 aromatic heterocycles. The van der Waals surface area contributed by atoms with Gasteiger partial charge in [-0.3, -0.25) is 4.98 Å². The Labute approximate surface area is 137 Å². The summed E-state index contributed by atoms with van der Waals surface area (Å²) in [5.41, 5.74) is 2.13. The molecule has 22 heavy (non-hydrogen) atoms. The number of ether oxygens (including phenoxy) is 1. The van der Waals surface area contributed by atoms with Gasteiger partial charge in [0.25, 0.3) is 0 Å². The van der Waals surface area contributed by atoms with E-state index in [1.165, 1.54) is 45.3 Å². The van der Waals surface area contributed by atoms with Crippen molar-refractivity contribution in [1.82, 2.24) is 9.88 Å². The minimum atomic E-state index is 0.415. The highest BCUT2D eigenvalue weighted by molar-refractivity contribution is 8.01. The zero-order chi connectivity index (χ0) is 15.0. The summed E-state index contributed by atoms with van der Waals surface area (Å²) in [6, 6.07) is 6.17. The molecule has 3 fully saturated rings. The van der Waals surface area contributed by atoms with Gasteiger partial charge in [0.05, 0.1) is 18.4 Å². The summed E-state index contributed by atoms with van der Waals surface area (Å²) in [7, 11) is 0. The average molecular weight is 318 g/mol. The number of nitrogens with zero attached hydrogens (tertiary/aromatic N) is 2. The zero-order valence-electron chi connectivity index (χ0n) is 13.5. The maximum atomic E-state index is 6.12. The van der Waals surface area contributed by atoms with Gasteiger partial charge in [-0.1, -0.05) is 12.5 Å². The van der Waals surface area contributed by atoms with Gasteiger partial charge < -0.3 is 9.64 Å². The van der Waals surface area contributed by atoms with Gasteiger partial charge >= 0.3 is 0 Å². The van der Waals surface area contributed by atoms with Gasteiger partial charge in [-0.25, -0.2) is 0 Å². The summed E-state index contributed by atoms with van der Waals surface area (Å²) >= 11 is 2.15. The summed E-state index contributed by atoms with van der Waals surface area (Å²) in [4.78, 5) is 7.19. The fraction of sp³-hybridized carbons (Fsp3) is 0.722. The molecule has 4 rings (SSSR count). The molecule has 2 saturated heterocycles. The van der Waals surface area contributed by atoms with Crippen molar-refractivity contribution in [3.05, 3.63) is 29.6 Å². The Morgan fingerprint density at radius 3 is 2.95 bits per heavy atom. The lowest BCUT2D eigenvalue weighted by molar-refractivity contribution is 0.0197. The Morgan fingerprint density at radius 2 is 2.23 bits per heavy atom. The van der Waals surface area contributed by atoms with E-state index in [0.29, 0.717) is 17.5 Å². The molecule has 0 radical (unpaired) electrons. The smallest absolute Gasteiger partial charge is 0.0892 e. The molecular weight excluding hydrogens is 292 g/mol. The monoisotopic (exact) mass is 318 g/mol. The number of hydrogen-bond donors (Lipinski definition) is 0. The highest BCUT2D eigenvalue weighted by Crippen LogP contribution is 2.46. The number of rotatable bonds is 5. The van der Waals surface area contributed by atoms with Crippen LogP contribution in [0.25, 0.3) is 0 Å². The van der Waals surface area contributed by atoms with Crippen LogP contribution in [-0.4, -0.2) is 46.1 Å². The van der Waals surface area contributed by atoms with Crippen LogP contribution in [0.1, 0.15) is 37.1 Å². The van der Waals surface area contributed by atoms with E-state index < -0.39 is 0 Å². The molecule has 3 nitrogen and oxygen atoms in total. The minimum absolute atomic E-state index is 0.415. The van der Waals surface area contributed by atoms with Crippen LogP contribution in [0.3, 0.4) is 0 Å². The molecule has 120 valence electrons. The Bertz CT molecular complexity index is 526. The number of thioether (sulfide) groups is 1. The van der Waals surface area contributed by atoms with Crippen molar-refractivity contribution in [3.63, 3.8) is 0 Å². The molecule has 1 saturated carbocycles. The molecule has 1 aliphatic carbocycles. The van der Waals surface area contributed by atoms with Gasteiger partial charge in [-0.05, 0) is 44.2 Å². The van der Waals surface area contributed by atoms with Crippen molar-refractivity contribution < 1.29 is 4.74 Å². The molecule has 3 aliphatic rings. The molecule has 4 heteroatoms. The first-order valence-corrected chi connectivity index (χ1v) is 9.60. The molecule has 0 aromatic carbocycles. The van der Waals surface area contributed by atoms with Crippen molar-refractivity contribution in [2.45, 2.75) is 50.1 Å². The Hall–Kier alpha value is -0.580. The lowest BCUT2D eigenvalue weighted by Gasteiger charge is -2.49. The molecule has 3 heterocycles. The minimum Gasteiger partial charge on any atom is -0.371 e. The van der Waals surface area contributed by atoms with Gasteiger partial charge in [0, 0.05) is 35.8 Å². The second-order valence-corrected chi connectivity index (χ2v) is 8.86. The van der Waals surface area contributed by atoms with Crippen LogP contribution in [0.2, 0.25) is 0 Å². The summed E-state index contributed by atoms with van der Waals surface area (Å²) < 4.78 is 6.63. The molecule has 1 spiro atoms. The Kier molecular flexibility index (Phi) is 4.18. The van der Waals surface area contributed by atoms with Gasteiger partial charge in [-0.2, -0.15) is 0 Å². The summed E-state index contributed by atoms with van der Waals surface area (Å²) in [6.07, 6.45) is 6.03. The topological polar surface area (TPSA) is 25.4 Å². The van der Waals surface area contributed by atoms with E-state index in [4.69, 9.17) is 4.74 Å². The van der Waals surface area contributed by atoms with Crippen LogP contribution < -0.4 is 0 Å². The van der Waals surface area contributed by atoms with Gasteiger partial charge in [0.2, 0.25) is 0 Å². The molecule has 2 aliphatic heterocycles. The Balaban J connectivity index is 1.22. The molecular formula is C18H26N2OS. The molecule has 0 amide bonds. The number of likely N-dealkylation sites (tertiary alicyclic amines) is 1. The lowest BCUT2D eigenvalue weighted by atomic mass is 9.83. The molecule has 0 unspecified atom stereocenters. The number of aryl methyl sites for hydroxylation is 1. The highest BCUT2D eigenvalue weighted by atomic mass is 32.2. The van der Waals surface area contributed by atoms with E-state index in [1.807, 2.05) is 13.0 Å². The highest BCUT2D eigenvalue weighted by Gasteiger charge is 2.49. The first kappa shape index (κ1) is 15.0. The average Bonchev–Trinajstić information content (AvgIpc) is 2.84. The second kappa shape index (κ2) is 6.14. The predicted octanol–water partition coefficient (Wildman–Crippen LogP) is 3.27. The third-order valence-electron chi connectivity index (χ3n) is 5.35. The van der Waals surface area contributed by atoms with E-state index in [2.05, 4.69) is 33.8 Å². The lowest BCUT2D eigenvalue weighted by Crippen LogP contribution is -2.60. The van der Waals surface area contributed by atoms with E-state index in [-0.39, 0.29) is 0 Å². The maximum absolute atomic E-state index is 6.12. The fourth-order valence-electron chi connectivity index (χ4n) is 3.95. The van der Waals surface area contributed by atoms with Crippen molar-refractivity contribution in [1.29, 1.82) is 0 Å². The number of aromatic nitrogens is 1. The third kappa shape index (κ3) is 3.19. The molecule has 0 bridgehead atoms. The SMILES string of the molecule is Cc1cccc(CO[C@H]2CSC3(C2)CN(CC2CCC2)C3)n1. The van der Waals surface area contributed by atoms with Crippen molar-refractivity contribution in [3.8, 4) is 0 Å². The maximum Gasteiger partial charge on any atom is 0.0892 e. The van der Waals surface area contributed by atoms with Gasteiger partial charge in [0.1, 0.15) is 0 Å². The summed E-state index contributed by atoms with van der Waals surface area (Å²) in [5, 5.41) is 0. The molecule has 1 aromatic rings. The van der Waals surface area contributed by atoms with Gasteiger partial charge in [0.15, 0.2) is 0 Å². The van der Waals surface area contributed by atoms with E-state index >= 15 is 0 Å². The van der Waals surface area contributed by atoms with Crippen LogP contribution in [0.4, 0.5) is 0 Å². The van der Waals surface area contributed by atoms with E-state index in [0.717, 1.165) is 23.1 Å². The molecule has 0 N–H and O–H groups in total. The van der Waals surface area contributed by atoms with Crippen LogP contribution >= 0.6 is 11.8 Å². The van der Waals surface area contributed by atoms with Crippen molar-refractivity contribution in [2.24, 2.45) is 5.92 Å². The van der Waals surface area contributed by atoms with E-state index in [9.17, 15) is 0 Å². The van der Waals surface area contributed by atoms with Crippen molar-refractivity contribution >= 4 is 11.8 Å². The number of pyridine rings is 1. The fourth-order valence-corrected chi connectivity index (χ4v) is 5.56. The van der Waals surface area contributed by atoms with Gasteiger partial charge in [-0.15, -0.1) is 11.8 Å². The number of hydrogen-bond acceptors (Lipinski definition) is 4. The zero-order valence-corrected chi connectivity index (χ0v) is 14.3. The largest absolute Gasteiger partial charge is 0.371 e. The summed E-state index contributed by atoms with van der Waals surface area (Å²) in [5.74, 6) is 2.16. The van der Waals surface area contributed by atoms with Crippen LogP contribution in [-0.2, 0) is 11.3 Å². The first-order chi connectivity index (χ1) is 10.7. The summed E-state index contributed by atoms with van der Waals surface area (Å²) in [6.45, 7) is 6.62. The Morgan fingerprint density at radius 1 is 1.36 bits per heavy atom. The van der Waals surface area contributed by atoms with Crippen LogP contribution in [0.5, 0.6) is 0 Å². The quantitative estimate of drug-likeness (QED) is 0.832. The van der Waals surface area contributed by atoms with E-state index in [1.54, 1.807) is 0 Å². The molecule has 1 atom stereocenters. The van der Waals surface area contributed by atoms with Crippen LogP contribution in [0.15, 0.2) is 18.2 Å². The standard InChI is InChI=1S/C18H26N2OS/c1-14-4-2-7-16(19-14)10-21-17-8-18(22-11-17)12-20(13-18)9-15-5-3-6-15/h2,4,7,15,17H,3,5-6,8-13H2,1H3/t17-/m1/s1. The second-order valence-electron chi connectivity index (χ2n) is 7.37. The normalized spacial score (nSPS) is 27.8. The van der Waals surface area contributed by atoms with Crippen LogP contribution in [0, 0.1) is 12.8 Å². The predicted molar refractivity (Wildman–Crippen MR) is 91.1 cm³/mol.